The molecule has 92 valence electrons. The molecule has 0 aliphatic heterocycles. The van der Waals surface area contributed by atoms with E-state index < -0.39 is 0 Å². The van der Waals surface area contributed by atoms with E-state index in [9.17, 15) is 0 Å². The van der Waals surface area contributed by atoms with Crippen molar-refractivity contribution in [3.63, 3.8) is 0 Å². The average Bonchev–Trinajstić information content (AvgIpc) is 2.96. The van der Waals surface area contributed by atoms with E-state index >= 15 is 0 Å². The molecule has 0 aromatic carbocycles. The van der Waals surface area contributed by atoms with Crippen LogP contribution in [0.4, 0.5) is 0 Å². The van der Waals surface area contributed by atoms with Crippen molar-refractivity contribution in [1.29, 1.82) is 0 Å². The van der Waals surface area contributed by atoms with Crippen molar-refractivity contribution in [1.82, 2.24) is 5.32 Å². The molecule has 0 saturated carbocycles. The van der Waals surface area contributed by atoms with Crippen molar-refractivity contribution >= 4 is 27.3 Å². The number of aryl methyl sites for hydroxylation is 1. The summed E-state index contributed by atoms with van der Waals surface area (Å²) in [6, 6.07) is 6.68. The zero-order valence-corrected chi connectivity index (χ0v) is 12.2. The Balaban J connectivity index is 1.84. The molecule has 0 spiro atoms. The number of furan rings is 1. The fourth-order valence-electron chi connectivity index (χ4n) is 1.82. The highest BCUT2D eigenvalue weighted by atomic mass is 79.9. The number of halogens is 1. The molecule has 0 aliphatic carbocycles. The summed E-state index contributed by atoms with van der Waals surface area (Å²) < 4.78 is 6.53. The first-order chi connectivity index (χ1) is 8.28. The molecule has 0 aliphatic rings. The van der Waals surface area contributed by atoms with E-state index in [1.54, 1.807) is 17.6 Å². The number of nitrogens with one attached hydrogen (secondary N) is 1. The molecule has 0 bridgehead atoms. The molecular weight excluding hydrogens is 298 g/mol. The van der Waals surface area contributed by atoms with Crippen molar-refractivity contribution in [3.8, 4) is 0 Å². The number of hydrogen-bond acceptors (Lipinski definition) is 3. The van der Waals surface area contributed by atoms with Crippen LogP contribution in [0.3, 0.4) is 0 Å². The Kier molecular flexibility index (Phi) is 4.83. The summed E-state index contributed by atoms with van der Waals surface area (Å²) in [6.07, 6.45) is 4.90. The van der Waals surface area contributed by atoms with Gasteiger partial charge >= 0.3 is 0 Å². The van der Waals surface area contributed by atoms with E-state index in [1.807, 2.05) is 19.2 Å². The van der Waals surface area contributed by atoms with Gasteiger partial charge in [0.2, 0.25) is 0 Å². The second-order valence-electron chi connectivity index (χ2n) is 4.04. The van der Waals surface area contributed by atoms with E-state index in [-0.39, 0.29) is 0 Å². The predicted molar refractivity (Wildman–Crippen MR) is 75.6 cm³/mol. The molecule has 0 saturated heterocycles. The van der Waals surface area contributed by atoms with Gasteiger partial charge in [0.15, 0.2) is 0 Å². The van der Waals surface area contributed by atoms with Crippen LogP contribution < -0.4 is 5.32 Å². The average molecular weight is 314 g/mol. The number of hydrogen-bond donors (Lipinski definition) is 1. The smallest absolute Gasteiger partial charge is 0.103 e. The van der Waals surface area contributed by atoms with Crippen molar-refractivity contribution in [3.05, 3.63) is 45.0 Å². The van der Waals surface area contributed by atoms with Gasteiger partial charge in [-0.05, 0) is 54.0 Å². The van der Waals surface area contributed by atoms with Crippen LogP contribution >= 0.6 is 27.3 Å². The highest BCUT2D eigenvalue weighted by Crippen LogP contribution is 2.21. The van der Waals surface area contributed by atoms with Crippen LogP contribution in [0, 0.1) is 0 Å². The van der Waals surface area contributed by atoms with Crippen LogP contribution in [0.25, 0.3) is 0 Å². The van der Waals surface area contributed by atoms with Crippen LogP contribution in [0.15, 0.2) is 38.7 Å². The van der Waals surface area contributed by atoms with Crippen molar-refractivity contribution in [2.75, 3.05) is 7.05 Å². The normalized spacial score (nSPS) is 12.8. The summed E-state index contributed by atoms with van der Waals surface area (Å²) in [5, 5.41) is 5.51. The highest BCUT2D eigenvalue weighted by molar-refractivity contribution is 9.10. The van der Waals surface area contributed by atoms with Gasteiger partial charge in [-0.15, -0.1) is 11.3 Å². The monoisotopic (exact) mass is 313 g/mol. The first-order valence-electron chi connectivity index (χ1n) is 5.70. The second kappa shape index (κ2) is 6.38. The maximum atomic E-state index is 5.35. The molecule has 1 atom stereocenters. The van der Waals surface area contributed by atoms with Crippen molar-refractivity contribution in [2.45, 2.75) is 25.3 Å². The quantitative estimate of drug-likeness (QED) is 0.876. The Morgan fingerprint density at radius 3 is 3.00 bits per heavy atom. The molecule has 0 fully saturated rings. The van der Waals surface area contributed by atoms with Crippen molar-refractivity contribution in [2.24, 2.45) is 0 Å². The summed E-state index contributed by atoms with van der Waals surface area (Å²) in [5.41, 5.74) is 0. The minimum Gasteiger partial charge on any atom is -0.469 e. The molecule has 2 nitrogen and oxygen atoms in total. The molecule has 1 N–H and O–H groups in total. The molecule has 17 heavy (non-hydrogen) atoms. The first kappa shape index (κ1) is 12.9. The van der Waals surface area contributed by atoms with E-state index in [0.717, 1.165) is 25.0 Å². The standard InChI is InChI=1S/C13H16BrNOS/c1-15-11(4-5-12-3-2-6-16-12)8-13-7-10(14)9-17-13/h2-3,6-7,9,11,15H,4-5,8H2,1H3. The molecule has 0 amide bonds. The van der Waals surface area contributed by atoms with Gasteiger partial charge in [0.1, 0.15) is 5.76 Å². The fraction of sp³-hybridized carbons (Fsp3) is 0.385. The lowest BCUT2D eigenvalue weighted by Gasteiger charge is -2.14. The second-order valence-corrected chi connectivity index (χ2v) is 5.95. The minimum absolute atomic E-state index is 0.505. The summed E-state index contributed by atoms with van der Waals surface area (Å²) in [6.45, 7) is 0. The Bertz CT molecular complexity index is 438. The lowest BCUT2D eigenvalue weighted by molar-refractivity contribution is 0.461. The number of rotatable bonds is 6. The Hall–Kier alpha value is -0.580. The molecule has 2 aromatic heterocycles. The van der Waals surface area contributed by atoms with E-state index in [0.29, 0.717) is 6.04 Å². The highest BCUT2D eigenvalue weighted by Gasteiger charge is 2.10. The van der Waals surface area contributed by atoms with Crippen molar-refractivity contribution < 1.29 is 4.42 Å². The van der Waals surface area contributed by atoms with E-state index in [2.05, 4.69) is 32.7 Å². The summed E-state index contributed by atoms with van der Waals surface area (Å²) in [4.78, 5) is 1.41. The van der Waals surface area contributed by atoms with Gasteiger partial charge in [-0.1, -0.05) is 0 Å². The Labute approximate surface area is 114 Å². The number of likely N-dealkylation sites (N-methyl/N-ethyl adjacent to an activating group) is 1. The lowest BCUT2D eigenvalue weighted by atomic mass is 10.1. The molecule has 2 rings (SSSR count). The topological polar surface area (TPSA) is 25.2 Å². The summed E-state index contributed by atoms with van der Waals surface area (Å²) >= 11 is 5.30. The van der Waals surface area contributed by atoms with Gasteiger partial charge in [0.05, 0.1) is 6.26 Å². The molecule has 0 radical (unpaired) electrons. The van der Waals surface area contributed by atoms with Crippen LogP contribution in [-0.2, 0) is 12.8 Å². The zero-order valence-electron chi connectivity index (χ0n) is 9.78. The van der Waals surface area contributed by atoms with Gasteiger partial charge in [-0.3, -0.25) is 0 Å². The molecule has 2 heterocycles. The Morgan fingerprint density at radius 2 is 2.41 bits per heavy atom. The molecular formula is C13H16BrNOS. The third-order valence-corrected chi connectivity index (χ3v) is 4.52. The van der Waals surface area contributed by atoms with Gasteiger partial charge < -0.3 is 9.73 Å². The van der Waals surface area contributed by atoms with Gasteiger partial charge in [0, 0.05) is 27.2 Å². The van der Waals surface area contributed by atoms with Crippen LogP contribution in [0.5, 0.6) is 0 Å². The Morgan fingerprint density at radius 1 is 1.53 bits per heavy atom. The predicted octanol–water partition coefficient (Wildman–Crippen LogP) is 3.87. The summed E-state index contributed by atoms with van der Waals surface area (Å²) in [5.74, 6) is 1.07. The van der Waals surface area contributed by atoms with Gasteiger partial charge in [-0.2, -0.15) is 0 Å². The summed E-state index contributed by atoms with van der Waals surface area (Å²) in [7, 11) is 2.02. The van der Waals surface area contributed by atoms with E-state index in [4.69, 9.17) is 4.42 Å². The number of thiophene rings is 1. The zero-order chi connectivity index (χ0) is 12.1. The van der Waals surface area contributed by atoms with Crippen LogP contribution in [0.1, 0.15) is 17.1 Å². The third-order valence-electron chi connectivity index (χ3n) is 2.80. The maximum Gasteiger partial charge on any atom is 0.103 e. The molecule has 1 unspecified atom stereocenters. The largest absolute Gasteiger partial charge is 0.469 e. The van der Waals surface area contributed by atoms with Crippen LogP contribution in [-0.4, -0.2) is 13.1 Å². The first-order valence-corrected chi connectivity index (χ1v) is 7.37. The molecule has 2 aromatic rings. The third kappa shape index (κ3) is 3.98. The SMILES string of the molecule is CNC(CCc1ccco1)Cc1cc(Br)cs1. The van der Waals surface area contributed by atoms with Gasteiger partial charge in [-0.25, -0.2) is 0 Å². The fourth-order valence-corrected chi connectivity index (χ4v) is 3.36. The lowest BCUT2D eigenvalue weighted by Crippen LogP contribution is -2.27. The molecule has 4 heteroatoms. The van der Waals surface area contributed by atoms with E-state index in [1.165, 1.54) is 9.35 Å². The minimum atomic E-state index is 0.505. The van der Waals surface area contributed by atoms with Crippen LogP contribution in [0.2, 0.25) is 0 Å². The maximum absolute atomic E-state index is 5.35. The van der Waals surface area contributed by atoms with Gasteiger partial charge in [0.25, 0.3) is 0 Å².